The topological polar surface area (TPSA) is 29.9 Å². The van der Waals surface area contributed by atoms with Crippen LogP contribution in [0.4, 0.5) is 0 Å². The van der Waals surface area contributed by atoms with E-state index in [9.17, 15) is 0 Å². The van der Waals surface area contributed by atoms with Crippen LogP contribution < -0.4 is 5.32 Å². The van der Waals surface area contributed by atoms with Gasteiger partial charge in [0.25, 0.3) is 0 Å². The van der Waals surface area contributed by atoms with E-state index in [0.29, 0.717) is 0 Å². The van der Waals surface area contributed by atoms with Crippen molar-refractivity contribution in [1.82, 2.24) is 14.9 Å². The molecule has 0 bridgehead atoms. The SMILES string of the molecule is CCCNCc1nc(Br)c(Br)n1CC. The van der Waals surface area contributed by atoms with Crippen LogP contribution in [-0.2, 0) is 13.1 Å². The van der Waals surface area contributed by atoms with Gasteiger partial charge in [0.05, 0.1) is 6.54 Å². The third-order valence-corrected chi connectivity index (χ3v) is 3.86. The molecule has 0 saturated carbocycles. The first kappa shape index (κ1) is 12.2. The monoisotopic (exact) mass is 323 g/mol. The Balaban J connectivity index is 2.70. The van der Waals surface area contributed by atoms with E-state index in [2.05, 4.69) is 60.6 Å². The Hall–Kier alpha value is 0.130. The van der Waals surface area contributed by atoms with Crippen molar-refractivity contribution in [3.05, 3.63) is 15.0 Å². The van der Waals surface area contributed by atoms with Gasteiger partial charge in [-0.25, -0.2) is 4.98 Å². The average molecular weight is 325 g/mol. The Morgan fingerprint density at radius 3 is 2.64 bits per heavy atom. The van der Waals surface area contributed by atoms with Gasteiger partial charge in [-0.15, -0.1) is 0 Å². The summed E-state index contributed by atoms with van der Waals surface area (Å²) in [4.78, 5) is 4.42. The molecule has 0 fully saturated rings. The van der Waals surface area contributed by atoms with E-state index in [-0.39, 0.29) is 0 Å². The lowest BCUT2D eigenvalue weighted by Crippen LogP contribution is -2.17. The molecular formula is C9H15Br2N3. The minimum Gasteiger partial charge on any atom is -0.321 e. The maximum atomic E-state index is 4.42. The van der Waals surface area contributed by atoms with Gasteiger partial charge in [0.15, 0.2) is 0 Å². The van der Waals surface area contributed by atoms with Crippen LogP contribution >= 0.6 is 31.9 Å². The molecule has 0 unspecified atom stereocenters. The lowest BCUT2D eigenvalue weighted by molar-refractivity contribution is 0.603. The van der Waals surface area contributed by atoms with Crippen LogP contribution in [0.5, 0.6) is 0 Å². The molecule has 1 rings (SSSR count). The lowest BCUT2D eigenvalue weighted by atomic mass is 10.4. The van der Waals surface area contributed by atoms with Crippen LogP contribution in [0.2, 0.25) is 0 Å². The highest BCUT2D eigenvalue weighted by Crippen LogP contribution is 2.23. The zero-order chi connectivity index (χ0) is 10.6. The molecule has 0 aromatic carbocycles. The van der Waals surface area contributed by atoms with Gasteiger partial charge in [0.1, 0.15) is 15.0 Å². The van der Waals surface area contributed by atoms with Gasteiger partial charge in [-0.2, -0.15) is 0 Å². The van der Waals surface area contributed by atoms with Gasteiger partial charge >= 0.3 is 0 Å². The van der Waals surface area contributed by atoms with Gasteiger partial charge in [0.2, 0.25) is 0 Å². The smallest absolute Gasteiger partial charge is 0.139 e. The Kier molecular flexibility index (Phi) is 5.12. The minimum atomic E-state index is 0.825. The summed E-state index contributed by atoms with van der Waals surface area (Å²) in [5, 5.41) is 3.34. The van der Waals surface area contributed by atoms with E-state index < -0.39 is 0 Å². The predicted molar refractivity (Wildman–Crippen MR) is 65.3 cm³/mol. The van der Waals surface area contributed by atoms with E-state index in [4.69, 9.17) is 0 Å². The summed E-state index contributed by atoms with van der Waals surface area (Å²) in [6, 6.07) is 0. The Bertz CT molecular complexity index is 296. The van der Waals surface area contributed by atoms with Gasteiger partial charge in [-0.05, 0) is 51.7 Å². The molecule has 80 valence electrons. The molecule has 1 aromatic rings. The fourth-order valence-corrected chi connectivity index (χ4v) is 2.24. The van der Waals surface area contributed by atoms with Crippen LogP contribution in [-0.4, -0.2) is 16.1 Å². The Morgan fingerprint density at radius 2 is 2.07 bits per heavy atom. The van der Waals surface area contributed by atoms with Crippen LogP contribution in [0.15, 0.2) is 9.21 Å². The third-order valence-electron chi connectivity index (χ3n) is 1.97. The van der Waals surface area contributed by atoms with Gasteiger partial charge < -0.3 is 9.88 Å². The van der Waals surface area contributed by atoms with Crippen LogP contribution in [0.25, 0.3) is 0 Å². The van der Waals surface area contributed by atoms with Gasteiger partial charge in [0, 0.05) is 6.54 Å². The van der Waals surface area contributed by atoms with Crippen molar-refractivity contribution in [3.63, 3.8) is 0 Å². The highest BCUT2D eigenvalue weighted by molar-refractivity contribution is 9.13. The fourth-order valence-electron chi connectivity index (χ4n) is 1.28. The second-order valence-corrected chi connectivity index (χ2v) is 4.53. The molecule has 1 heterocycles. The molecule has 14 heavy (non-hydrogen) atoms. The maximum absolute atomic E-state index is 4.42. The molecule has 5 heteroatoms. The number of hydrogen-bond acceptors (Lipinski definition) is 2. The standard InChI is InChI=1S/C9H15Br2N3/c1-3-5-12-6-7-13-8(10)9(11)14(7)4-2/h12H,3-6H2,1-2H3. The largest absolute Gasteiger partial charge is 0.321 e. The van der Waals surface area contributed by atoms with E-state index in [1.54, 1.807) is 0 Å². The Morgan fingerprint density at radius 1 is 1.36 bits per heavy atom. The molecule has 0 radical (unpaired) electrons. The van der Waals surface area contributed by atoms with Crippen molar-refractivity contribution in [1.29, 1.82) is 0 Å². The van der Waals surface area contributed by atoms with Crippen LogP contribution in [0, 0.1) is 0 Å². The highest BCUT2D eigenvalue weighted by atomic mass is 79.9. The quantitative estimate of drug-likeness (QED) is 0.844. The van der Waals surface area contributed by atoms with E-state index in [0.717, 1.165) is 41.1 Å². The zero-order valence-electron chi connectivity index (χ0n) is 8.48. The summed E-state index contributed by atoms with van der Waals surface area (Å²) in [7, 11) is 0. The first-order chi connectivity index (χ1) is 6.70. The average Bonchev–Trinajstić information content (AvgIpc) is 2.43. The van der Waals surface area contributed by atoms with E-state index in [1.165, 1.54) is 0 Å². The number of nitrogens with zero attached hydrogens (tertiary/aromatic N) is 2. The van der Waals surface area contributed by atoms with Crippen molar-refractivity contribution in [2.75, 3.05) is 6.54 Å². The first-order valence-electron chi connectivity index (χ1n) is 4.81. The normalized spacial score (nSPS) is 10.9. The molecule has 0 saturated heterocycles. The van der Waals surface area contributed by atoms with Gasteiger partial charge in [-0.1, -0.05) is 6.92 Å². The number of nitrogens with one attached hydrogen (secondary N) is 1. The molecule has 3 nitrogen and oxygen atoms in total. The summed E-state index contributed by atoms with van der Waals surface area (Å²) in [6.45, 7) is 7.06. The predicted octanol–water partition coefficient (Wildman–Crippen LogP) is 2.93. The summed E-state index contributed by atoms with van der Waals surface area (Å²) < 4.78 is 4.05. The third kappa shape index (κ3) is 2.81. The van der Waals surface area contributed by atoms with Crippen molar-refractivity contribution in [3.8, 4) is 0 Å². The highest BCUT2D eigenvalue weighted by Gasteiger charge is 2.10. The fraction of sp³-hybridized carbons (Fsp3) is 0.667. The number of aromatic nitrogens is 2. The molecular weight excluding hydrogens is 310 g/mol. The van der Waals surface area contributed by atoms with Crippen molar-refractivity contribution in [2.24, 2.45) is 0 Å². The molecule has 0 atom stereocenters. The van der Waals surface area contributed by atoms with E-state index in [1.807, 2.05) is 0 Å². The second-order valence-electron chi connectivity index (χ2n) is 3.03. The molecule has 0 aliphatic carbocycles. The number of halogens is 2. The first-order valence-corrected chi connectivity index (χ1v) is 6.40. The summed E-state index contributed by atoms with van der Waals surface area (Å²) in [6.07, 6.45) is 1.15. The van der Waals surface area contributed by atoms with Crippen molar-refractivity contribution < 1.29 is 0 Å². The number of hydrogen-bond donors (Lipinski definition) is 1. The maximum Gasteiger partial charge on any atom is 0.139 e. The van der Waals surface area contributed by atoms with Gasteiger partial charge in [-0.3, -0.25) is 0 Å². The summed E-state index contributed by atoms with van der Waals surface area (Å²) >= 11 is 6.91. The number of rotatable bonds is 5. The minimum absolute atomic E-state index is 0.825. The second kappa shape index (κ2) is 5.88. The van der Waals surface area contributed by atoms with E-state index >= 15 is 0 Å². The molecule has 0 amide bonds. The summed E-state index contributed by atoms with van der Waals surface area (Å²) in [5.41, 5.74) is 0. The molecule has 1 aromatic heterocycles. The molecule has 0 aliphatic rings. The lowest BCUT2D eigenvalue weighted by Gasteiger charge is -2.06. The molecule has 0 spiro atoms. The Labute approximate surface area is 102 Å². The summed E-state index contributed by atoms with van der Waals surface area (Å²) in [5.74, 6) is 1.07. The van der Waals surface area contributed by atoms with Crippen LogP contribution in [0.1, 0.15) is 26.1 Å². The zero-order valence-corrected chi connectivity index (χ0v) is 11.7. The molecule has 0 aliphatic heterocycles. The van der Waals surface area contributed by atoms with Crippen molar-refractivity contribution in [2.45, 2.75) is 33.4 Å². The molecule has 1 N–H and O–H groups in total. The van der Waals surface area contributed by atoms with Crippen molar-refractivity contribution >= 4 is 31.9 Å². The number of imidazole rings is 1. The van der Waals surface area contributed by atoms with Crippen LogP contribution in [0.3, 0.4) is 0 Å².